The second-order valence-electron chi connectivity index (χ2n) is 6.01. The van der Waals surface area contributed by atoms with E-state index >= 15 is 0 Å². The van der Waals surface area contributed by atoms with Crippen molar-refractivity contribution >= 4 is 11.7 Å². The molecule has 1 saturated heterocycles. The molecule has 0 bridgehead atoms. The summed E-state index contributed by atoms with van der Waals surface area (Å²) in [6.45, 7) is 3.86. The van der Waals surface area contributed by atoms with Gasteiger partial charge < -0.3 is 20.3 Å². The third kappa shape index (κ3) is 4.33. The molecule has 1 aromatic heterocycles. The summed E-state index contributed by atoms with van der Waals surface area (Å²) in [5.41, 5.74) is 1.54. The van der Waals surface area contributed by atoms with Gasteiger partial charge in [-0.1, -0.05) is 12.1 Å². The summed E-state index contributed by atoms with van der Waals surface area (Å²) < 4.78 is 7.30. The minimum Gasteiger partial charge on any atom is -0.380 e. The topological polar surface area (TPSA) is 71.4 Å². The Labute approximate surface area is 141 Å². The number of amides is 2. The van der Waals surface area contributed by atoms with Crippen LogP contribution in [0, 0.1) is 5.92 Å². The van der Waals surface area contributed by atoms with Gasteiger partial charge in [-0.2, -0.15) is 5.10 Å². The molecule has 2 aromatic rings. The molecule has 128 valence electrons. The van der Waals surface area contributed by atoms with Gasteiger partial charge in [-0.05, 0) is 25.2 Å². The number of hydrogen-bond acceptors (Lipinski definition) is 4. The molecule has 2 amide bonds. The predicted molar refractivity (Wildman–Crippen MR) is 92.4 cm³/mol. The first-order valence-electron chi connectivity index (χ1n) is 8.12. The quantitative estimate of drug-likeness (QED) is 0.893. The van der Waals surface area contributed by atoms with Gasteiger partial charge in [-0.3, -0.25) is 0 Å². The summed E-state index contributed by atoms with van der Waals surface area (Å²) in [4.78, 5) is 14.5. The lowest BCUT2D eigenvalue weighted by Gasteiger charge is -2.19. The first-order chi connectivity index (χ1) is 11.7. The number of likely N-dealkylation sites (N-methyl/N-ethyl adjacent to an activating group) is 1. The molecule has 0 radical (unpaired) electrons. The van der Waals surface area contributed by atoms with E-state index in [-0.39, 0.29) is 6.03 Å². The average molecular weight is 329 g/mol. The number of anilines is 1. The molecule has 1 atom stereocenters. The van der Waals surface area contributed by atoms with Crippen molar-refractivity contribution in [2.45, 2.75) is 0 Å². The number of aromatic nitrogens is 2. The number of nitrogens with one attached hydrogen (secondary N) is 2. The standard InChI is InChI=1S/C17H23N5O2/c1-21-9-10-24-13-14(12-21)11-18-17(23)20-15-5-2-3-6-16(15)22-8-4-7-19-22/h2-8,14H,9-13H2,1H3,(H2,18,20,23). The predicted octanol–water partition coefficient (Wildman–Crippen LogP) is 1.57. The zero-order chi connectivity index (χ0) is 16.8. The maximum Gasteiger partial charge on any atom is 0.319 e. The zero-order valence-electron chi connectivity index (χ0n) is 13.8. The van der Waals surface area contributed by atoms with Crippen LogP contribution in [0.4, 0.5) is 10.5 Å². The van der Waals surface area contributed by atoms with Crippen LogP contribution in [0.15, 0.2) is 42.7 Å². The smallest absolute Gasteiger partial charge is 0.319 e. The van der Waals surface area contributed by atoms with Crippen LogP contribution in [0.2, 0.25) is 0 Å². The molecule has 0 aliphatic carbocycles. The maximum absolute atomic E-state index is 12.2. The normalized spacial score (nSPS) is 18.8. The van der Waals surface area contributed by atoms with Crippen molar-refractivity contribution in [3.8, 4) is 5.69 Å². The lowest BCUT2D eigenvalue weighted by atomic mass is 10.1. The van der Waals surface area contributed by atoms with Crippen molar-refractivity contribution in [2.24, 2.45) is 5.92 Å². The lowest BCUT2D eigenvalue weighted by Crippen LogP contribution is -2.38. The van der Waals surface area contributed by atoms with Crippen LogP contribution in [0.3, 0.4) is 0 Å². The Bertz CT molecular complexity index is 659. The highest BCUT2D eigenvalue weighted by Crippen LogP contribution is 2.18. The van der Waals surface area contributed by atoms with Gasteiger partial charge in [-0.25, -0.2) is 9.48 Å². The highest BCUT2D eigenvalue weighted by molar-refractivity contribution is 5.91. The number of hydrogen-bond donors (Lipinski definition) is 2. The lowest BCUT2D eigenvalue weighted by molar-refractivity contribution is 0.122. The maximum atomic E-state index is 12.2. The van der Waals surface area contributed by atoms with E-state index in [9.17, 15) is 4.79 Å². The van der Waals surface area contributed by atoms with Crippen molar-refractivity contribution in [2.75, 3.05) is 45.2 Å². The molecule has 1 aliphatic heterocycles. The van der Waals surface area contributed by atoms with E-state index in [2.05, 4.69) is 27.7 Å². The van der Waals surface area contributed by atoms with Crippen LogP contribution < -0.4 is 10.6 Å². The molecule has 3 rings (SSSR count). The monoisotopic (exact) mass is 329 g/mol. The van der Waals surface area contributed by atoms with Crippen molar-refractivity contribution in [3.63, 3.8) is 0 Å². The van der Waals surface area contributed by atoms with Crippen LogP contribution in [-0.4, -0.2) is 60.6 Å². The fourth-order valence-electron chi connectivity index (χ4n) is 2.77. The summed E-state index contributed by atoms with van der Waals surface area (Å²) >= 11 is 0. The van der Waals surface area contributed by atoms with Crippen LogP contribution in [0.5, 0.6) is 0 Å². The van der Waals surface area contributed by atoms with E-state index < -0.39 is 0 Å². The summed E-state index contributed by atoms with van der Waals surface area (Å²) in [5, 5.41) is 10.1. The molecule has 0 saturated carbocycles. The first-order valence-corrected chi connectivity index (χ1v) is 8.12. The SMILES string of the molecule is CN1CCOCC(CNC(=O)Nc2ccccc2-n2cccn2)C1. The van der Waals surface area contributed by atoms with Gasteiger partial charge in [0.2, 0.25) is 0 Å². The molecular formula is C17H23N5O2. The Morgan fingerprint density at radius 1 is 1.38 bits per heavy atom. The third-order valence-corrected chi connectivity index (χ3v) is 4.00. The van der Waals surface area contributed by atoms with Gasteiger partial charge in [0.15, 0.2) is 0 Å². The van der Waals surface area contributed by atoms with Gasteiger partial charge >= 0.3 is 6.03 Å². The molecule has 1 aromatic carbocycles. The van der Waals surface area contributed by atoms with E-state index in [1.807, 2.05) is 36.5 Å². The number of para-hydroxylation sites is 2. The second kappa shape index (κ2) is 7.94. The molecular weight excluding hydrogens is 306 g/mol. The van der Waals surface area contributed by atoms with Crippen LogP contribution in [0.1, 0.15) is 0 Å². The zero-order valence-corrected chi connectivity index (χ0v) is 13.8. The van der Waals surface area contributed by atoms with Gasteiger partial charge in [0, 0.05) is 37.9 Å². The summed E-state index contributed by atoms with van der Waals surface area (Å²) in [7, 11) is 2.07. The Kier molecular flexibility index (Phi) is 5.45. The van der Waals surface area contributed by atoms with Crippen molar-refractivity contribution in [1.82, 2.24) is 20.0 Å². The number of nitrogens with zero attached hydrogens (tertiary/aromatic N) is 3. The molecule has 1 unspecified atom stereocenters. The molecule has 2 N–H and O–H groups in total. The fourth-order valence-corrected chi connectivity index (χ4v) is 2.77. The second-order valence-corrected chi connectivity index (χ2v) is 6.01. The van der Waals surface area contributed by atoms with Gasteiger partial charge in [0.25, 0.3) is 0 Å². The molecule has 7 heteroatoms. The molecule has 2 heterocycles. The van der Waals surface area contributed by atoms with E-state index in [1.165, 1.54) is 0 Å². The van der Waals surface area contributed by atoms with Crippen LogP contribution in [-0.2, 0) is 4.74 Å². The van der Waals surface area contributed by atoms with E-state index in [0.717, 1.165) is 25.4 Å². The average Bonchev–Trinajstić information content (AvgIpc) is 3.03. The van der Waals surface area contributed by atoms with Crippen LogP contribution in [0.25, 0.3) is 5.69 Å². The molecule has 0 spiro atoms. The van der Waals surface area contributed by atoms with Gasteiger partial charge in [0.1, 0.15) is 0 Å². The first kappa shape index (κ1) is 16.5. The molecule has 1 aliphatic rings. The number of ether oxygens (including phenoxy) is 1. The largest absolute Gasteiger partial charge is 0.380 e. The highest BCUT2D eigenvalue weighted by atomic mass is 16.5. The van der Waals surface area contributed by atoms with Crippen LogP contribution >= 0.6 is 0 Å². The Morgan fingerprint density at radius 2 is 2.25 bits per heavy atom. The van der Waals surface area contributed by atoms with E-state index in [4.69, 9.17) is 4.74 Å². The minimum atomic E-state index is -0.221. The number of urea groups is 1. The summed E-state index contributed by atoms with van der Waals surface area (Å²) in [6, 6.07) is 9.20. The third-order valence-electron chi connectivity index (χ3n) is 4.00. The number of carbonyl (C=O) groups excluding carboxylic acids is 1. The summed E-state index contributed by atoms with van der Waals surface area (Å²) in [6.07, 6.45) is 3.55. The van der Waals surface area contributed by atoms with Crippen molar-refractivity contribution in [1.29, 1.82) is 0 Å². The Morgan fingerprint density at radius 3 is 3.08 bits per heavy atom. The molecule has 1 fully saturated rings. The van der Waals surface area contributed by atoms with Gasteiger partial charge in [-0.15, -0.1) is 0 Å². The van der Waals surface area contributed by atoms with E-state index in [1.54, 1.807) is 10.9 Å². The minimum absolute atomic E-state index is 0.221. The number of benzene rings is 1. The van der Waals surface area contributed by atoms with Crippen molar-refractivity contribution in [3.05, 3.63) is 42.7 Å². The Balaban J connectivity index is 1.57. The Hall–Kier alpha value is -2.38. The number of rotatable bonds is 4. The van der Waals surface area contributed by atoms with E-state index in [0.29, 0.717) is 24.8 Å². The highest BCUT2D eigenvalue weighted by Gasteiger charge is 2.17. The molecule has 7 nitrogen and oxygen atoms in total. The van der Waals surface area contributed by atoms with Gasteiger partial charge in [0.05, 0.1) is 24.6 Å². The fraction of sp³-hybridized carbons (Fsp3) is 0.412. The molecule has 24 heavy (non-hydrogen) atoms. The van der Waals surface area contributed by atoms with Crippen molar-refractivity contribution < 1.29 is 9.53 Å². The number of carbonyl (C=O) groups is 1. The summed E-state index contributed by atoms with van der Waals surface area (Å²) in [5.74, 6) is 0.296.